The second-order valence-corrected chi connectivity index (χ2v) is 8.69. The molecule has 1 amide bonds. The molecule has 0 saturated carbocycles. The maximum atomic E-state index is 12.1. The average molecular weight is 438 g/mol. The van der Waals surface area contributed by atoms with Crippen LogP contribution in [0.5, 0.6) is 0 Å². The van der Waals surface area contributed by atoms with Crippen molar-refractivity contribution in [1.82, 2.24) is 10.0 Å². The van der Waals surface area contributed by atoms with Crippen LogP contribution in [-0.4, -0.2) is 25.5 Å². The van der Waals surface area contributed by atoms with Crippen molar-refractivity contribution in [3.63, 3.8) is 0 Å². The minimum absolute atomic E-state index is 0.0988. The number of halogens is 1. The zero-order valence-corrected chi connectivity index (χ0v) is 17.7. The number of carbonyl (C=O) groups excluding carboxylic acids is 1. The Kier molecular flexibility index (Phi) is 7.70. The normalized spacial score (nSPS) is 11.6. The van der Waals surface area contributed by atoms with Gasteiger partial charge in [-0.3, -0.25) is 10.1 Å². The van der Waals surface area contributed by atoms with Crippen molar-refractivity contribution in [2.24, 2.45) is 0 Å². The van der Waals surface area contributed by atoms with Gasteiger partial charge in [0.1, 0.15) is 0 Å². The fourth-order valence-corrected chi connectivity index (χ4v) is 3.75. The molecule has 3 N–H and O–H groups in total. The largest absolute Gasteiger partial charge is 0.332 e. The van der Waals surface area contributed by atoms with Gasteiger partial charge < -0.3 is 5.32 Å². The highest BCUT2D eigenvalue weighted by atomic mass is 35.5. The summed E-state index contributed by atoms with van der Waals surface area (Å²) in [5.74, 6) is -0.396. The monoisotopic (exact) mass is 437 g/mol. The molecule has 6 nitrogen and oxygen atoms in total. The third kappa shape index (κ3) is 7.05. The van der Waals surface area contributed by atoms with Crippen molar-refractivity contribution in [2.75, 3.05) is 5.32 Å². The Morgan fingerprint density at radius 1 is 1.07 bits per heavy atom. The number of nitrogens with one attached hydrogen (secondary N) is 3. The van der Waals surface area contributed by atoms with E-state index in [1.165, 1.54) is 18.2 Å². The number of hydrogen-bond acceptors (Lipinski definition) is 4. The molecule has 2 aromatic rings. The summed E-state index contributed by atoms with van der Waals surface area (Å²) >= 11 is 10.9. The Morgan fingerprint density at radius 2 is 1.68 bits per heavy atom. The topological polar surface area (TPSA) is 87.3 Å². The highest BCUT2D eigenvalue weighted by molar-refractivity contribution is 7.89. The van der Waals surface area contributed by atoms with E-state index in [1.807, 2.05) is 0 Å². The number of rotatable bonds is 6. The first-order chi connectivity index (χ1) is 13.2. The van der Waals surface area contributed by atoms with Gasteiger partial charge in [-0.15, -0.1) is 0 Å². The van der Waals surface area contributed by atoms with Gasteiger partial charge in [0, 0.05) is 22.8 Å². The molecule has 0 saturated heterocycles. The molecule has 9 heteroatoms. The van der Waals surface area contributed by atoms with Crippen LogP contribution in [0.3, 0.4) is 0 Å². The van der Waals surface area contributed by atoms with Crippen LogP contribution in [0, 0.1) is 0 Å². The van der Waals surface area contributed by atoms with Crippen molar-refractivity contribution >= 4 is 56.6 Å². The molecule has 0 aliphatic rings. The lowest BCUT2D eigenvalue weighted by atomic mass is 10.2. The number of benzene rings is 2. The van der Waals surface area contributed by atoms with Gasteiger partial charge in [0.05, 0.1) is 4.90 Å². The molecule has 0 radical (unpaired) electrons. The summed E-state index contributed by atoms with van der Waals surface area (Å²) < 4.78 is 26.7. The van der Waals surface area contributed by atoms with Crippen LogP contribution in [0.2, 0.25) is 5.02 Å². The quantitative estimate of drug-likeness (QED) is 0.475. The zero-order chi connectivity index (χ0) is 20.7. The van der Waals surface area contributed by atoms with E-state index in [-0.39, 0.29) is 16.0 Å². The Bertz CT molecular complexity index is 970. The number of sulfonamides is 1. The van der Waals surface area contributed by atoms with Crippen LogP contribution < -0.4 is 15.4 Å². The molecular weight excluding hydrogens is 418 g/mol. The van der Waals surface area contributed by atoms with Gasteiger partial charge >= 0.3 is 0 Å². The van der Waals surface area contributed by atoms with Gasteiger partial charge in [-0.05, 0) is 74.1 Å². The highest BCUT2D eigenvalue weighted by Crippen LogP contribution is 2.14. The van der Waals surface area contributed by atoms with Crippen LogP contribution >= 0.6 is 23.8 Å². The van der Waals surface area contributed by atoms with E-state index in [2.05, 4.69) is 15.4 Å². The SMILES string of the molecule is CC(C)NS(=O)(=O)c1ccc(NC(=S)NC(=O)/C=C/c2ccc(Cl)cc2)cc1. The fraction of sp³-hybridized carbons (Fsp3) is 0.158. The van der Waals surface area contributed by atoms with Gasteiger partial charge in [-0.25, -0.2) is 13.1 Å². The summed E-state index contributed by atoms with van der Waals surface area (Å²) in [6.07, 6.45) is 2.99. The zero-order valence-electron chi connectivity index (χ0n) is 15.3. The molecule has 0 atom stereocenters. The molecule has 0 fully saturated rings. The molecule has 0 bridgehead atoms. The molecule has 28 heavy (non-hydrogen) atoms. The lowest BCUT2D eigenvalue weighted by molar-refractivity contribution is -0.115. The predicted octanol–water partition coefficient (Wildman–Crippen LogP) is 3.55. The number of carbonyl (C=O) groups is 1. The molecule has 148 valence electrons. The minimum Gasteiger partial charge on any atom is -0.332 e. The van der Waals surface area contributed by atoms with Crippen molar-refractivity contribution in [3.05, 3.63) is 65.2 Å². The molecule has 0 aliphatic heterocycles. The molecule has 0 heterocycles. The van der Waals surface area contributed by atoms with Crippen LogP contribution in [0.25, 0.3) is 6.08 Å². The highest BCUT2D eigenvalue weighted by Gasteiger charge is 2.15. The Labute approximate surface area is 175 Å². The van der Waals surface area contributed by atoms with Crippen molar-refractivity contribution < 1.29 is 13.2 Å². The van der Waals surface area contributed by atoms with Crippen molar-refractivity contribution in [3.8, 4) is 0 Å². The minimum atomic E-state index is -3.56. The Hall–Kier alpha value is -2.26. The fourth-order valence-electron chi connectivity index (χ4n) is 2.16. The maximum absolute atomic E-state index is 12.1. The molecular formula is C19H20ClN3O3S2. The van der Waals surface area contributed by atoms with Crippen LogP contribution in [0.15, 0.2) is 59.5 Å². The Balaban J connectivity index is 1.92. The summed E-state index contributed by atoms with van der Waals surface area (Å²) in [5.41, 5.74) is 1.38. The molecule has 0 spiro atoms. The van der Waals surface area contributed by atoms with Crippen molar-refractivity contribution in [1.29, 1.82) is 0 Å². The van der Waals surface area contributed by atoms with E-state index < -0.39 is 15.9 Å². The standard InChI is InChI=1S/C19H20ClN3O3S2/c1-13(2)23-28(25,26)17-10-8-16(9-11-17)21-19(27)22-18(24)12-5-14-3-6-15(20)7-4-14/h3-13,23H,1-2H3,(H2,21,22,24,27)/b12-5+. The number of amides is 1. The predicted molar refractivity (Wildman–Crippen MR) is 117 cm³/mol. The first-order valence-electron chi connectivity index (χ1n) is 8.34. The first-order valence-corrected chi connectivity index (χ1v) is 10.6. The summed E-state index contributed by atoms with van der Waals surface area (Å²) in [5, 5.41) is 6.06. The van der Waals surface area contributed by atoms with Crippen LogP contribution in [0.4, 0.5) is 5.69 Å². The lowest BCUT2D eigenvalue weighted by Gasteiger charge is -2.11. The summed E-state index contributed by atoms with van der Waals surface area (Å²) in [4.78, 5) is 12.1. The molecule has 0 aliphatic carbocycles. The first kappa shape index (κ1) is 22.0. The van der Waals surface area contributed by atoms with Gasteiger partial charge in [-0.2, -0.15) is 0 Å². The second kappa shape index (κ2) is 9.79. The number of hydrogen-bond donors (Lipinski definition) is 3. The van der Waals surface area contributed by atoms with Gasteiger partial charge in [0.25, 0.3) is 0 Å². The van der Waals surface area contributed by atoms with Gasteiger partial charge in [-0.1, -0.05) is 23.7 Å². The number of thiocarbonyl (C=S) groups is 1. The number of anilines is 1. The molecule has 0 aromatic heterocycles. The van der Waals surface area contributed by atoms with E-state index in [0.29, 0.717) is 10.7 Å². The van der Waals surface area contributed by atoms with Gasteiger partial charge in [0.15, 0.2) is 5.11 Å². The third-order valence-electron chi connectivity index (χ3n) is 3.35. The van der Waals surface area contributed by atoms with Gasteiger partial charge in [0.2, 0.25) is 15.9 Å². The van der Waals surface area contributed by atoms with Crippen LogP contribution in [0.1, 0.15) is 19.4 Å². The summed E-state index contributed by atoms with van der Waals surface area (Å²) in [6, 6.07) is 12.9. The van der Waals surface area contributed by atoms with Crippen molar-refractivity contribution in [2.45, 2.75) is 24.8 Å². The van der Waals surface area contributed by atoms with E-state index in [0.717, 1.165) is 5.56 Å². The van der Waals surface area contributed by atoms with E-state index in [1.54, 1.807) is 56.3 Å². The summed E-state index contributed by atoms with van der Waals surface area (Å²) in [6.45, 7) is 3.49. The maximum Gasteiger partial charge on any atom is 0.250 e. The summed E-state index contributed by atoms with van der Waals surface area (Å²) in [7, 11) is -3.56. The second-order valence-electron chi connectivity index (χ2n) is 6.13. The molecule has 2 rings (SSSR count). The van der Waals surface area contributed by atoms with E-state index in [9.17, 15) is 13.2 Å². The van der Waals surface area contributed by atoms with E-state index in [4.69, 9.17) is 23.8 Å². The van der Waals surface area contributed by atoms with E-state index >= 15 is 0 Å². The molecule has 0 unspecified atom stereocenters. The smallest absolute Gasteiger partial charge is 0.250 e. The lowest BCUT2D eigenvalue weighted by Crippen LogP contribution is -2.33. The molecule has 2 aromatic carbocycles. The third-order valence-corrected chi connectivity index (χ3v) is 5.48. The van der Waals surface area contributed by atoms with Crippen LogP contribution in [-0.2, 0) is 14.8 Å². The Morgan fingerprint density at radius 3 is 2.25 bits per heavy atom. The average Bonchev–Trinajstić information content (AvgIpc) is 2.60.